The molecule has 8 nitrogen and oxygen atoms in total. The maximum absolute atomic E-state index is 13.3. The zero-order chi connectivity index (χ0) is 24.0. The first kappa shape index (κ1) is 22.3. The number of anilines is 1. The van der Waals surface area contributed by atoms with E-state index in [1.807, 2.05) is 12.1 Å². The molecule has 0 fully saturated rings. The van der Waals surface area contributed by atoms with Gasteiger partial charge >= 0.3 is 0 Å². The van der Waals surface area contributed by atoms with Crippen LogP contribution in [0.5, 0.6) is 0 Å². The minimum atomic E-state index is -0.476. The van der Waals surface area contributed by atoms with Crippen LogP contribution in [0.1, 0.15) is 49.4 Å². The lowest BCUT2D eigenvalue weighted by atomic mass is 9.73. The van der Waals surface area contributed by atoms with Gasteiger partial charge in [0.15, 0.2) is 5.78 Å². The predicted molar refractivity (Wildman–Crippen MR) is 131 cm³/mol. The van der Waals surface area contributed by atoms with Gasteiger partial charge in [-0.25, -0.2) is 4.68 Å². The van der Waals surface area contributed by atoms with Crippen LogP contribution in [0.25, 0.3) is 0 Å². The van der Waals surface area contributed by atoms with Crippen molar-refractivity contribution < 1.29 is 9.72 Å². The number of nitro groups is 1. The number of allylic oxidation sites excluding steroid dienone is 2. The summed E-state index contributed by atoms with van der Waals surface area (Å²) < 4.78 is 1.75. The van der Waals surface area contributed by atoms with E-state index < -0.39 is 11.0 Å². The van der Waals surface area contributed by atoms with E-state index in [2.05, 4.69) is 38.2 Å². The highest BCUT2D eigenvalue weighted by Crippen LogP contribution is 2.45. The molecule has 1 aliphatic heterocycles. The van der Waals surface area contributed by atoms with Crippen molar-refractivity contribution in [1.29, 1.82) is 0 Å². The van der Waals surface area contributed by atoms with Gasteiger partial charge in [0.05, 0.1) is 4.92 Å². The van der Waals surface area contributed by atoms with Gasteiger partial charge in [-0.1, -0.05) is 49.9 Å². The number of rotatable bonds is 5. The van der Waals surface area contributed by atoms with Gasteiger partial charge in [-0.05, 0) is 47.6 Å². The molecule has 9 heteroatoms. The maximum atomic E-state index is 13.3. The molecule has 2 aliphatic rings. The van der Waals surface area contributed by atoms with E-state index in [0.717, 1.165) is 23.4 Å². The normalized spacial score (nSPS) is 18.8. The molecule has 0 spiro atoms. The Morgan fingerprint density at radius 1 is 1.18 bits per heavy atom. The lowest BCUT2D eigenvalue weighted by Crippen LogP contribution is -2.36. The standard InChI is InChI=1S/C25H25N5O3S/c1-15-6-4-5-7-17(15)14-34-24-27-23-26-19-12-25(2,3)13-20(31)21(19)22(29(23)28-24)16-8-10-18(11-9-16)30(32)33/h4-11,22H,12-14H2,1-3H3,(H,26,27,28)/t22-/m1/s1. The molecule has 2 aromatic carbocycles. The summed E-state index contributed by atoms with van der Waals surface area (Å²) in [7, 11) is 0. The second kappa shape index (κ2) is 8.39. The number of thioether (sulfide) groups is 1. The Labute approximate surface area is 201 Å². The van der Waals surface area contributed by atoms with Gasteiger partial charge < -0.3 is 5.32 Å². The topological polar surface area (TPSA) is 103 Å². The van der Waals surface area contributed by atoms with Gasteiger partial charge in [-0.15, -0.1) is 5.10 Å². The smallest absolute Gasteiger partial charge is 0.269 e. The van der Waals surface area contributed by atoms with E-state index >= 15 is 0 Å². The number of carbonyl (C=O) groups excluding carboxylic acids is 1. The van der Waals surface area contributed by atoms with E-state index in [-0.39, 0.29) is 16.9 Å². The van der Waals surface area contributed by atoms with E-state index in [1.165, 1.54) is 23.3 Å². The van der Waals surface area contributed by atoms with Crippen LogP contribution in [0.15, 0.2) is 65.0 Å². The van der Waals surface area contributed by atoms with Crippen molar-refractivity contribution in [3.05, 3.63) is 86.6 Å². The number of carbonyl (C=O) groups is 1. The van der Waals surface area contributed by atoms with E-state index in [9.17, 15) is 14.9 Å². The van der Waals surface area contributed by atoms with Gasteiger partial charge in [0.25, 0.3) is 5.69 Å². The monoisotopic (exact) mass is 475 g/mol. The Morgan fingerprint density at radius 2 is 1.91 bits per heavy atom. The molecule has 174 valence electrons. The summed E-state index contributed by atoms with van der Waals surface area (Å²) in [5.74, 6) is 1.38. The van der Waals surface area contributed by atoms with Crippen molar-refractivity contribution >= 4 is 29.2 Å². The number of nitrogens with zero attached hydrogens (tertiary/aromatic N) is 4. The molecule has 5 rings (SSSR count). The number of ketones is 1. The Balaban J connectivity index is 1.54. The zero-order valence-electron chi connectivity index (χ0n) is 19.2. The van der Waals surface area contributed by atoms with Crippen LogP contribution >= 0.6 is 11.8 Å². The van der Waals surface area contributed by atoms with Crippen LogP contribution in [0.2, 0.25) is 0 Å². The number of fused-ring (bicyclic) bond motifs is 1. The van der Waals surface area contributed by atoms with Gasteiger partial charge in [0, 0.05) is 35.6 Å². The number of aryl methyl sites for hydroxylation is 1. The van der Waals surface area contributed by atoms with Crippen molar-refractivity contribution in [2.45, 2.75) is 50.6 Å². The molecule has 0 saturated heterocycles. The minimum absolute atomic E-state index is 0.0104. The minimum Gasteiger partial charge on any atom is -0.328 e. The van der Waals surface area contributed by atoms with Crippen LogP contribution in [0.3, 0.4) is 0 Å². The average Bonchev–Trinajstić information content (AvgIpc) is 3.19. The molecular weight excluding hydrogens is 450 g/mol. The Hall–Kier alpha value is -3.46. The molecule has 1 aromatic heterocycles. The lowest BCUT2D eigenvalue weighted by molar-refractivity contribution is -0.384. The highest BCUT2D eigenvalue weighted by atomic mass is 32.2. The molecule has 0 bridgehead atoms. The van der Waals surface area contributed by atoms with E-state index in [4.69, 9.17) is 10.1 Å². The molecule has 1 aliphatic carbocycles. The number of hydrogen-bond donors (Lipinski definition) is 1. The van der Waals surface area contributed by atoms with Crippen molar-refractivity contribution in [3.8, 4) is 0 Å². The fraction of sp³-hybridized carbons (Fsp3) is 0.320. The van der Waals surface area contributed by atoms with Crippen LogP contribution in [-0.4, -0.2) is 25.5 Å². The quantitative estimate of drug-likeness (QED) is 0.297. The average molecular weight is 476 g/mol. The molecule has 1 atom stereocenters. The lowest BCUT2D eigenvalue weighted by Gasteiger charge is -2.38. The summed E-state index contributed by atoms with van der Waals surface area (Å²) in [5, 5.41) is 19.9. The molecule has 1 N–H and O–H groups in total. The van der Waals surface area contributed by atoms with Gasteiger partial charge in [0.1, 0.15) is 6.04 Å². The Kier molecular flexibility index (Phi) is 5.51. The molecule has 3 aromatic rings. The number of nitro benzene ring substituents is 1. The van der Waals surface area contributed by atoms with Gasteiger partial charge in [0.2, 0.25) is 11.1 Å². The third kappa shape index (κ3) is 4.11. The van der Waals surface area contributed by atoms with Crippen LogP contribution in [0.4, 0.5) is 11.6 Å². The summed E-state index contributed by atoms with van der Waals surface area (Å²) in [6, 6.07) is 14.1. The van der Waals surface area contributed by atoms with Crippen molar-refractivity contribution in [1.82, 2.24) is 14.8 Å². The SMILES string of the molecule is Cc1ccccc1CSc1nc2n(n1)[C@H](c1ccc([N+](=O)[O-])cc1)C1=C(CC(C)(C)CC1=O)N2. The first-order valence-corrected chi connectivity index (χ1v) is 12.1. The number of aromatic nitrogens is 3. The van der Waals surface area contributed by atoms with E-state index in [0.29, 0.717) is 23.1 Å². The second-order valence-corrected chi connectivity index (χ2v) is 10.5. The van der Waals surface area contributed by atoms with Gasteiger partial charge in [-0.2, -0.15) is 4.98 Å². The molecular formula is C25H25N5O3S. The highest BCUT2D eigenvalue weighted by molar-refractivity contribution is 7.98. The first-order valence-electron chi connectivity index (χ1n) is 11.1. The molecule has 0 amide bonds. The van der Waals surface area contributed by atoms with Gasteiger partial charge in [-0.3, -0.25) is 14.9 Å². The highest BCUT2D eigenvalue weighted by Gasteiger charge is 2.42. The summed E-state index contributed by atoms with van der Waals surface area (Å²) in [6.45, 7) is 6.25. The largest absolute Gasteiger partial charge is 0.328 e. The van der Waals surface area contributed by atoms with Crippen LogP contribution in [-0.2, 0) is 10.5 Å². The Morgan fingerprint density at radius 3 is 2.62 bits per heavy atom. The summed E-state index contributed by atoms with van der Waals surface area (Å²) in [6.07, 6.45) is 1.16. The zero-order valence-corrected chi connectivity index (χ0v) is 20.1. The summed E-state index contributed by atoms with van der Waals surface area (Å²) in [4.78, 5) is 28.8. The summed E-state index contributed by atoms with van der Waals surface area (Å²) in [5.41, 5.74) is 4.58. The number of benzene rings is 2. The molecule has 34 heavy (non-hydrogen) atoms. The molecule has 2 heterocycles. The Bertz CT molecular complexity index is 1330. The van der Waals surface area contributed by atoms with Crippen LogP contribution < -0.4 is 5.32 Å². The van der Waals surface area contributed by atoms with Crippen molar-refractivity contribution in [2.24, 2.45) is 5.41 Å². The fourth-order valence-corrected chi connectivity index (χ4v) is 5.56. The fourth-order valence-electron chi connectivity index (χ4n) is 4.65. The maximum Gasteiger partial charge on any atom is 0.269 e. The first-order chi connectivity index (χ1) is 16.2. The number of hydrogen-bond acceptors (Lipinski definition) is 7. The number of Topliss-reactive ketones (excluding diaryl/α,β-unsaturated/α-hetero) is 1. The molecule has 0 radical (unpaired) electrons. The van der Waals surface area contributed by atoms with Crippen LogP contribution in [0, 0.1) is 22.5 Å². The predicted octanol–water partition coefficient (Wildman–Crippen LogP) is 5.45. The number of nitrogens with one attached hydrogen (secondary N) is 1. The second-order valence-electron chi connectivity index (χ2n) is 9.59. The third-order valence-electron chi connectivity index (χ3n) is 6.35. The van der Waals surface area contributed by atoms with Crippen molar-refractivity contribution in [3.63, 3.8) is 0 Å². The molecule has 0 unspecified atom stereocenters. The molecule has 0 saturated carbocycles. The van der Waals surface area contributed by atoms with Crippen molar-refractivity contribution in [2.75, 3.05) is 5.32 Å². The van der Waals surface area contributed by atoms with E-state index in [1.54, 1.807) is 28.6 Å². The third-order valence-corrected chi connectivity index (χ3v) is 7.24. The number of non-ortho nitro benzene ring substituents is 1. The summed E-state index contributed by atoms with van der Waals surface area (Å²) >= 11 is 1.54.